The number of hydrogen-bond donors (Lipinski definition) is 0. The van der Waals surface area contributed by atoms with Gasteiger partial charge in [-0.15, -0.1) is 0 Å². The Morgan fingerprint density at radius 2 is 2.06 bits per heavy atom. The molecule has 0 aromatic heterocycles. The minimum absolute atomic E-state index is 0.118. The van der Waals surface area contributed by atoms with Gasteiger partial charge in [0, 0.05) is 5.56 Å². The summed E-state index contributed by atoms with van der Waals surface area (Å²) in [5, 5.41) is 12.3. The first-order chi connectivity index (χ1) is 7.36. The number of thiocarbonyl (C=S) groups is 1. The van der Waals surface area contributed by atoms with Crippen molar-refractivity contribution in [2.24, 2.45) is 4.99 Å². The van der Waals surface area contributed by atoms with E-state index < -0.39 is 23.3 Å². The zero-order chi connectivity index (χ0) is 12.3. The minimum Gasteiger partial charge on any atom is -0.545 e. The van der Waals surface area contributed by atoms with E-state index in [9.17, 15) is 23.1 Å². The summed E-state index contributed by atoms with van der Waals surface area (Å²) in [5.74, 6) is -1.90. The fourth-order valence-corrected chi connectivity index (χ4v) is 1.17. The van der Waals surface area contributed by atoms with E-state index in [1.54, 1.807) is 0 Å². The number of isothiocyanates is 1. The Hall–Kier alpha value is -1.72. The predicted octanol–water partition coefficient (Wildman–Crippen LogP) is 1.80. The second kappa shape index (κ2) is 4.42. The normalized spacial score (nSPS) is 10.7. The number of carbonyl (C=O) groups is 1. The van der Waals surface area contributed by atoms with Gasteiger partial charge in [-0.3, -0.25) is 0 Å². The molecule has 16 heavy (non-hydrogen) atoms. The smallest absolute Gasteiger partial charge is 0.417 e. The first-order valence-corrected chi connectivity index (χ1v) is 4.27. The summed E-state index contributed by atoms with van der Waals surface area (Å²) in [4.78, 5) is 13.8. The van der Waals surface area contributed by atoms with Crippen LogP contribution >= 0.6 is 12.2 Å². The molecule has 0 atom stereocenters. The van der Waals surface area contributed by atoms with Crippen molar-refractivity contribution in [1.82, 2.24) is 0 Å². The lowest BCUT2D eigenvalue weighted by molar-refractivity contribution is -0.255. The molecular formula is C9H3F3NO2S-. The molecule has 0 aliphatic heterocycles. The largest absolute Gasteiger partial charge is 0.545 e. The zero-order valence-corrected chi connectivity index (χ0v) is 8.35. The molecule has 0 fully saturated rings. The second-order valence-electron chi connectivity index (χ2n) is 2.72. The van der Waals surface area contributed by atoms with Gasteiger partial charge in [-0.25, -0.2) is 0 Å². The van der Waals surface area contributed by atoms with E-state index in [2.05, 4.69) is 17.2 Å². The summed E-state index contributed by atoms with van der Waals surface area (Å²) in [6.07, 6.45) is -4.79. The molecule has 0 unspecified atom stereocenters. The molecule has 0 bridgehead atoms. The second-order valence-corrected chi connectivity index (χ2v) is 2.90. The highest BCUT2D eigenvalue weighted by Gasteiger charge is 2.33. The first-order valence-electron chi connectivity index (χ1n) is 3.86. The lowest BCUT2D eigenvalue weighted by Crippen LogP contribution is -2.26. The highest BCUT2D eigenvalue weighted by atomic mass is 32.1. The lowest BCUT2D eigenvalue weighted by atomic mass is 10.1. The minimum atomic E-state index is -4.79. The van der Waals surface area contributed by atoms with Crippen LogP contribution in [0.4, 0.5) is 18.9 Å². The van der Waals surface area contributed by atoms with E-state index in [-0.39, 0.29) is 5.69 Å². The SMILES string of the molecule is O=C([O-])c1ccc(N=C=S)cc1C(F)(F)F. The molecular weight excluding hydrogens is 243 g/mol. The van der Waals surface area contributed by atoms with Crippen molar-refractivity contribution in [2.45, 2.75) is 6.18 Å². The molecule has 0 saturated heterocycles. The van der Waals surface area contributed by atoms with E-state index in [0.717, 1.165) is 12.1 Å². The molecule has 3 nitrogen and oxygen atoms in total. The van der Waals surface area contributed by atoms with E-state index >= 15 is 0 Å². The number of halogens is 3. The van der Waals surface area contributed by atoms with Crippen LogP contribution in [0.1, 0.15) is 15.9 Å². The summed E-state index contributed by atoms with van der Waals surface area (Å²) in [5.41, 5.74) is -2.37. The number of nitrogens with zero attached hydrogens (tertiary/aromatic N) is 1. The molecule has 0 saturated carbocycles. The Morgan fingerprint density at radius 1 is 1.44 bits per heavy atom. The quantitative estimate of drug-likeness (QED) is 0.590. The van der Waals surface area contributed by atoms with Gasteiger partial charge in [-0.1, -0.05) is 6.07 Å². The number of hydrogen-bond acceptors (Lipinski definition) is 4. The van der Waals surface area contributed by atoms with Crippen molar-refractivity contribution in [2.75, 3.05) is 0 Å². The molecule has 0 aliphatic rings. The van der Waals surface area contributed by atoms with Crippen molar-refractivity contribution in [1.29, 1.82) is 0 Å². The molecule has 1 aromatic carbocycles. The maximum Gasteiger partial charge on any atom is 0.417 e. The first kappa shape index (κ1) is 12.4. The molecule has 7 heteroatoms. The molecule has 0 aliphatic carbocycles. The molecule has 0 heterocycles. The average Bonchev–Trinajstić information content (AvgIpc) is 2.16. The van der Waals surface area contributed by atoms with Crippen LogP contribution in [0.15, 0.2) is 23.2 Å². The van der Waals surface area contributed by atoms with Gasteiger partial charge in [0.25, 0.3) is 0 Å². The third kappa shape index (κ3) is 2.65. The van der Waals surface area contributed by atoms with Gasteiger partial charge in [0.15, 0.2) is 0 Å². The molecule has 1 aromatic rings. The van der Waals surface area contributed by atoms with Crippen molar-refractivity contribution < 1.29 is 23.1 Å². The third-order valence-corrected chi connectivity index (χ3v) is 1.79. The molecule has 0 spiro atoms. The van der Waals surface area contributed by atoms with E-state index in [4.69, 9.17) is 0 Å². The van der Waals surface area contributed by atoms with Gasteiger partial charge in [0.05, 0.1) is 22.4 Å². The van der Waals surface area contributed by atoms with Gasteiger partial charge in [0.1, 0.15) is 0 Å². The standard InChI is InChI=1S/C9H4F3NO2S/c10-9(11,12)7-3-5(13-4-16)1-2-6(7)8(14)15/h1-3H,(H,14,15)/p-1. The number of carbonyl (C=O) groups excluding carboxylic acids is 1. The van der Waals surface area contributed by atoms with Crippen LogP contribution in [0.2, 0.25) is 0 Å². The van der Waals surface area contributed by atoms with Crippen LogP contribution < -0.4 is 5.11 Å². The van der Waals surface area contributed by atoms with Gasteiger partial charge < -0.3 is 9.90 Å². The highest BCUT2D eigenvalue weighted by Crippen LogP contribution is 2.34. The number of carboxylic acids is 1. The maximum atomic E-state index is 12.4. The third-order valence-electron chi connectivity index (χ3n) is 1.70. The van der Waals surface area contributed by atoms with E-state index in [0.29, 0.717) is 6.07 Å². The average molecular weight is 246 g/mol. The Bertz CT molecular complexity index is 478. The summed E-state index contributed by atoms with van der Waals surface area (Å²) in [6, 6.07) is 2.42. The van der Waals surface area contributed by atoms with Crippen LogP contribution in [0.5, 0.6) is 0 Å². The molecule has 1 rings (SSSR count). The predicted molar refractivity (Wildman–Crippen MR) is 50.5 cm³/mol. The topological polar surface area (TPSA) is 52.5 Å². The van der Waals surface area contributed by atoms with E-state index in [1.807, 2.05) is 5.16 Å². The summed E-state index contributed by atoms with van der Waals surface area (Å²) in [7, 11) is 0. The van der Waals surface area contributed by atoms with Gasteiger partial charge in [-0.2, -0.15) is 18.2 Å². The van der Waals surface area contributed by atoms with Crippen molar-refractivity contribution in [3.8, 4) is 0 Å². The Balaban J connectivity index is 3.44. The number of alkyl halides is 3. The number of benzene rings is 1. The van der Waals surface area contributed by atoms with Crippen molar-refractivity contribution in [3.63, 3.8) is 0 Å². The molecule has 0 N–H and O–H groups in total. The number of aromatic carboxylic acids is 1. The van der Waals surface area contributed by atoms with Crippen LogP contribution in [-0.4, -0.2) is 11.1 Å². The Kier molecular flexibility index (Phi) is 3.41. The fourth-order valence-electron chi connectivity index (χ4n) is 1.07. The highest BCUT2D eigenvalue weighted by molar-refractivity contribution is 7.78. The van der Waals surface area contributed by atoms with Gasteiger partial charge in [-0.05, 0) is 24.4 Å². The number of aliphatic imine (C=N–C) groups is 1. The summed E-state index contributed by atoms with van der Waals surface area (Å²) in [6.45, 7) is 0. The summed E-state index contributed by atoms with van der Waals surface area (Å²) >= 11 is 4.23. The monoisotopic (exact) mass is 246 g/mol. The number of rotatable bonds is 2. The Morgan fingerprint density at radius 3 is 2.50 bits per heavy atom. The molecule has 84 valence electrons. The maximum absolute atomic E-state index is 12.4. The fraction of sp³-hybridized carbons (Fsp3) is 0.111. The van der Waals surface area contributed by atoms with Gasteiger partial charge >= 0.3 is 6.18 Å². The molecule has 0 amide bonds. The van der Waals surface area contributed by atoms with Crippen molar-refractivity contribution in [3.05, 3.63) is 29.3 Å². The van der Waals surface area contributed by atoms with E-state index in [1.165, 1.54) is 0 Å². The summed E-state index contributed by atoms with van der Waals surface area (Å²) < 4.78 is 37.3. The van der Waals surface area contributed by atoms with Gasteiger partial charge in [0.2, 0.25) is 0 Å². The van der Waals surface area contributed by atoms with Crippen LogP contribution in [0.3, 0.4) is 0 Å². The zero-order valence-electron chi connectivity index (χ0n) is 7.54. The Labute approximate surface area is 93.2 Å². The molecule has 0 radical (unpaired) electrons. The van der Waals surface area contributed by atoms with Crippen molar-refractivity contribution >= 4 is 29.0 Å². The van der Waals surface area contributed by atoms with Crippen LogP contribution in [0, 0.1) is 0 Å². The number of carboxylic acid groups (broad SMARTS) is 1. The van der Waals surface area contributed by atoms with Crippen LogP contribution in [-0.2, 0) is 6.18 Å². The lowest BCUT2D eigenvalue weighted by Gasteiger charge is -2.13. The van der Waals surface area contributed by atoms with Crippen LogP contribution in [0.25, 0.3) is 0 Å².